The predicted octanol–water partition coefficient (Wildman–Crippen LogP) is 0.976. The van der Waals surface area contributed by atoms with Crippen molar-refractivity contribution < 1.29 is 4.79 Å². The van der Waals surface area contributed by atoms with Gasteiger partial charge in [-0.25, -0.2) is 4.98 Å². The van der Waals surface area contributed by atoms with Gasteiger partial charge in [0.2, 0.25) is 5.91 Å². The van der Waals surface area contributed by atoms with E-state index >= 15 is 0 Å². The van der Waals surface area contributed by atoms with Crippen LogP contribution in [0.5, 0.6) is 0 Å². The van der Waals surface area contributed by atoms with Crippen LogP contribution in [0.15, 0.2) is 30.6 Å². The zero-order chi connectivity index (χ0) is 13.8. The lowest BCUT2D eigenvalue weighted by Gasteiger charge is -2.14. The van der Waals surface area contributed by atoms with Crippen LogP contribution in [0.1, 0.15) is 19.5 Å². The highest BCUT2D eigenvalue weighted by Gasteiger charge is 2.16. The van der Waals surface area contributed by atoms with Gasteiger partial charge in [0.15, 0.2) is 0 Å². The van der Waals surface area contributed by atoms with Crippen LogP contribution in [0.25, 0.3) is 5.65 Å². The fourth-order valence-corrected chi connectivity index (χ4v) is 1.82. The molecule has 2 heterocycles. The lowest BCUT2D eigenvalue weighted by molar-refractivity contribution is -0.124. The van der Waals surface area contributed by atoms with Gasteiger partial charge in [0.1, 0.15) is 5.65 Å². The Bertz CT molecular complexity index is 528. The van der Waals surface area contributed by atoms with Crippen molar-refractivity contribution in [1.29, 1.82) is 0 Å². The van der Waals surface area contributed by atoms with Gasteiger partial charge in [0.05, 0.1) is 5.69 Å². The van der Waals surface area contributed by atoms with Gasteiger partial charge in [-0.3, -0.25) is 4.79 Å². The topological polar surface area (TPSA) is 72.4 Å². The highest BCUT2D eigenvalue weighted by molar-refractivity contribution is 5.78. The molecule has 0 saturated heterocycles. The lowest BCUT2D eigenvalue weighted by atomic mass is 10.0. The number of carbonyl (C=O) groups excluding carboxylic acids is 1. The Hall–Kier alpha value is -1.88. The van der Waals surface area contributed by atoms with Crippen LogP contribution >= 0.6 is 0 Å². The van der Waals surface area contributed by atoms with E-state index in [0.29, 0.717) is 6.54 Å². The van der Waals surface area contributed by atoms with Crippen LogP contribution in [0.2, 0.25) is 0 Å². The zero-order valence-electron chi connectivity index (χ0n) is 11.3. The maximum absolute atomic E-state index is 11.7. The Morgan fingerprint density at radius 1 is 1.47 bits per heavy atom. The van der Waals surface area contributed by atoms with Crippen molar-refractivity contribution in [1.82, 2.24) is 14.7 Å². The first-order chi connectivity index (χ1) is 9.08. The number of aromatic nitrogens is 2. The van der Waals surface area contributed by atoms with E-state index in [1.807, 2.05) is 48.8 Å². The van der Waals surface area contributed by atoms with Gasteiger partial charge in [-0.05, 0) is 19.1 Å². The molecule has 5 heteroatoms. The normalized spacial score (nSPS) is 14.3. The van der Waals surface area contributed by atoms with Crippen molar-refractivity contribution >= 4 is 11.6 Å². The molecule has 0 bridgehead atoms. The molecule has 19 heavy (non-hydrogen) atoms. The number of nitrogens with zero attached hydrogens (tertiary/aromatic N) is 2. The molecule has 0 radical (unpaired) electrons. The van der Waals surface area contributed by atoms with E-state index in [9.17, 15) is 4.79 Å². The maximum atomic E-state index is 11.7. The van der Waals surface area contributed by atoms with E-state index in [0.717, 1.165) is 17.8 Å². The Balaban J connectivity index is 1.87. The average molecular weight is 260 g/mol. The second-order valence-corrected chi connectivity index (χ2v) is 4.89. The summed E-state index contributed by atoms with van der Waals surface area (Å²) in [6.07, 6.45) is 4.66. The van der Waals surface area contributed by atoms with Gasteiger partial charge in [-0.1, -0.05) is 13.0 Å². The second-order valence-electron chi connectivity index (χ2n) is 4.89. The summed E-state index contributed by atoms with van der Waals surface area (Å²) in [5.41, 5.74) is 7.59. The van der Waals surface area contributed by atoms with Crippen LogP contribution in [0, 0.1) is 5.92 Å². The Morgan fingerprint density at radius 3 is 2.95 bits per heavy atom. The number of hydrogen-bond acceptors (Lipinski definition) is 3. The number of pyridine rings is 1. The molecule has 0 aromatic carbocycles. The third-order valence-electron chi connectivity index (χ3n) is 3.30. The van der Waals surface area contributed by atoms with Crippen molar-refractivity contribution in [3.05, 3.63) is 36.3 Å². The molecule has 2 rings (SSSR count). The molecule has 5 nitrogen and oxygen atoms in total. The van der Waals surface area contributed by atoms with Crippen LogP contribution in [-0.4, -0.2) is 27.9 Å². The molecule has 0 saturated carbocycles. The third kappa shape index (κ3) is 3.32. The number of carbonyl (C=O) groups is 1. The molecule has 0 aliphatic rings. The summed E-state index contributed by atoms with van der Waals surface area (Å²) in [6, 6.07) is 5.75. The first-order valence-electron chi connectivity index (χ1n) is 6.54. The molecule has 0 spiro atoms. The molecule has 2 unspecified atom stereocenters. The molecule has 3 N–H and O–H groups in total. The SMILES string of the molecule is CC(N)C(C)C(=O)NCCc1cn2ccccc2n1. The summed E-state index contributed by atoms with van der Waals surface area (Å²) in [5.74, 6) is -0.167. The van der Waals surface area contributed by atoms with E-state index in [-0.39, 0.29) is 17.9 Å². The van der Waals surface area contributed by atoms with Gasteiger partial charge in [0, 0.05) is 37.3 Å². The second kappa shape index (κ2) is 5.84. The predicted molar refractivity (Wildman–Crippen MR) is 74.7 cm³/mol. The number of amides is 1. The van der Waals surface area contributed by atoms with Crippen molar-refractivity contribution in [3.63, 3.8) is 0 Å². The van der Waals surface area contributed by atoms with Gasteiger partial charge in [-0.15, -0.1) is 0 Å². The summed E-state index contributed by atoms with van der Waals surface area (Å²) in [6.45, 7) is 4.26. The minimum absolute atomic E-state index is 0.00114. The number of nitrogens with one attached hydrogen (secondary N) is 1. The van der Waals surface area contributed by atoms with E-state index in [1.54, 1.807) is 0 Å². The van der Waals surface area contributed by atoms with Crippen LogP contribution in [-0.2, 0) is 11.2 Å². The monoisotopic (exact) mass is 260 g/mol. The smallest absolute Gasteiger partial charge is 0.224 e. The lowest BCUT2D eigenvalue weighted by Crippen LogP contribution is -2.39. The van der Waals surface area contributed by atoms with Crippen LogP contribution < -0.4 is 11.1 Å². The third-order valence-corrected chi connectivity index (χ3v) is 3.30. The minimum Gasteiger partial charge on any atom is -0.355 e. The molecule has 1 amide bonds. The molecule has 102 valence electrons. The van der Waals surface area contributed by atoms with Crippen LogP contribution in [0.3, 0.4) is 0 Å². The zero-order valence-corrected chi connectivity index (χ0v) is 11.3. The Morgan fingerprint density at radius 2 is 2.26 bits per heavy atom. The van der Waals surface area contributed by atoms with Crippen molar-refractivity contribution in [3.8, 4) is 0 Å². The fraction of sp³-hybridized carbons (Fsp3) is 0.429. The number of nitrogens with two attached hydrogens (primary N) is 1. The summed E-state index contributed by atoms with van der Waals surface area (Å²) >= 11 is 0. The summed E-state index contributed by atoms with van der Waals surface area (Å²) < 4.78 is 1.97. The largest absolute Gasteiger partial charge is 0.355 e. The van der Waals surface area contributed by atoms with Crippen molar-refractivity contribution in [2.75, 3.05) is 6.54 Å². The number of hydrogen-bond donors (Lipinski definition) is 2. The van der Waals surface area contributed by atoms with Gasteiger partial charge in [-0.2, -0.15) is 0 Å². The van der Waals surface area contributed by atoms with E-state index in [2.05, 4.69) is 10.3 Å². The molecule has 0 aliphatic heterocycles. The van der Waals surface area contributed by atoms with Gasteiger partial charge < -0.3 is 15.5 Å². The van der Waals surface area contributed by atoms with Crippen LogP contribution in [0.4, 0.5) is 0 Å². The molecule has 2 atom stereocenters. The maximum Gasteiger partial charge on any atom is 0.224 e. The summed E-state index contributed by atoms with van der Waals surface area (Å²) in [5, 5.41) is 2.89. The standard InChI is InChI=1S/C14H20N4O/c1-10(11(2)15)14(19)16-7-6-12-9-18-8-4-3-5-13(18)17-12/h3-5,8-11H,6-7,15H2,1-2H3,(H,16,19). The minimum atomic E-state index is -0.166. The Kier molecular flexibility index (Phi) is 4.16. The van der Waals surface area contributed by atoms with Gasteiger partial charge >= 0.3 is 0 Å². The fourth-order valence-electron chi connectivity index (χ4n) is 1.82. The quantitative estimate of drug-likeness (QED) is 0.841. The van der Waals surface area contributed by atoms with Gasteiger partial charge in [0.25, 0.3) is 0 Å². The number of fused-ring (bicyclic) bond motifs is 1. The van der Waals surface area contributed by atoms with E-state index in [4.69, 9.17) is 5.73 Å². The molecular weight excluding hydrogens is 240 g/mol. The number of imidazole rings is 1. The molecule has 2 aromatic heterocycles. The van der Waals surface area contributed by atoms with E-state index < -0.39 is 0 Å². The number of rotatable bonds is 5. The first kappa shape index (κ1) is 13.5. The van der Waals surface area contributed by atoms with Crippen molar-refractivity contribution in [2.45, 2.75) is 26.3 Å². The molecule has 2 aromatic rings. The average Bonchev–Trinajstić information content (AvgIpc) is 2.80. The Labute approximate surface area is 112 Å². The summed E-state index contributed by atoms with van der Waals surface area (Å²) in [4.78, 5) is 16.2. The highest BCUT2D eigenvalue weighted by Crippen LogP contribution is 2.05. The first-order valence-corrected chi connectivity index (χ1v) is 6.54. The van der Waals surface area contributed by atoms with E-state index in [1.165, 1.54) is 0 Å². The highest BCUT2D eigenvalue weighted by atomic mass is 16.1. The molecule has 0 aliphatic carbocycles. The van der Waals surface area contributed by atoms with Crippen molar-refractivity contribution in [2.24, 2.45) is 11.7 Å². The molecular formula is C14H20N4O. The summed E-state index contributed by atoms with van der Waals surface area (Å²) in [7, 11) is 0. The molecule has 0 fully saturated rings.